The van der Waals surface area contributed by atoms with Crippen LogP contribution in [0.1, 0.15) is 32.1 Å². The molecular weight excluding hydrogens is 328 g/mol. The summed E-state index contributed by atoms with van der Waals surface area (Å²) in [5, 5.41) is 2.94. The van der Waals surface area contributed by atoms with Crippen LogP contribution in [0.15, 0.2) is 54.6 Å². The van der Waals surface area contributed by atoms with Crippen molar-refractivity contribution >= 4 is 17.6 Å². The fourth-order valence-electron chi connectivity index (χ4n) is 3.03. The average Bonchev–Trinajstić information content (AvgIpc) is 2.96. The van der Waals surface area contributed by atoms with Crippen molar-refractivity contribution in [1.29, 1.82) is 0 Å². The van der Waals surface area contributed by atoms with Crippen molar-refractivity contribution in [3.63, 3.8) is 0 Å². The number of methoxy groups -OCH3 is 1. The first-order valence-electron chi connectivity index (χ1n) is 8.26. The van der Waals surface area contributed by atoms with Crippen molar-refractivity contribution in [3.05, 3.63) is 77.1 Å². The average molecular weight is 348 g/mol. The van der Waals surface area contributed by atoms with Gasteiger partial charge in [0.1, 0.15) is 5.69 Å². The molecule has 3 rings (SSSR count). The van der Waals surface area contributed by atoms with E-state index in [0.717, 1.165) is 11.1 Å². The second-order valence-electron chi connectivity index (χ2n) is 5.98. The molecule has 2 aromatic carbocycles. The number of carbonyl (C=O) groups is 2. The molecule has 0 aliphatic carbocycles. The summed E-state index contributed by atoms with van der Waals surface area (Å²) < 4.78 is 4.80. The van der Waals surface area contributed by atoms with E-state index in [1.807, 2.05) is 54.6 Å². The maximum Gasteiger partial charge on any atom is 0.339 e. The van der Waals surface area contributed by atoms with Crippen LogP contribution in [0.5, 0.6) is 0 Å². The Labute approximate surface area is 152 Å². The fraction of sp³-hybridized carbons (Fsp3) is 0.143. The Bertz CT molecular complexity index is 959. The number of aromatic amines is 1. The van der Waals surface area contributed by atoms with Crippen LogP contribution in [0, 0.1) is 13.8 Å². The number of H-pyrrole nitrogens is 1. The summed E-state index contributed by atoms with van der Waals surface area (Å²) in [5.41, 5.74) is 4.57. The molecule has 0 spiro atoms. The van der Waals surface area contributed by atoms with E-state index in [-0.39, 0.29) is 5.91 Å². The Kier molecular flexibility index (Phi) is 4.89. The maximum absolute atomic E-state index is 12.8. The Hall–Kier alpha value is -3.34. The number of aromatic nitrogens is 1. The lowest BCUT2D eigenvalue weighted by Crippen LogP contribution is -2.14. The Morgan fingerprint density at radius 3 is 2.31 bits per heavy atom. The van der Waals surface area contributed by atoms with Gasteiger partial charge in [-0.1, -0.05) is 48.5 Å². The number of esters is 1. The minimum atomic E-state index is -0.458. The lowest BCUT2D eigenvalue weighted by atomic mass is 10.0. The zero-order chi connectivity index (χ0) is 18.7. The monoisotopic (exact) mass is 348 g/mol. The van der Waals surface area contributed by atoms with Gasteiger partial charge in [0.25, 0.3) is 5.91 Å². The molecule has 5 heteroatoms. The zero-order valence-corrected chi connectivity index (χ0v) is 14.9. The summed E-state index contributed by atoms with van der Waals surface area (Å²) in [6.07, 6.45) is 0. The van der Waals surface area contributed by atoms with E-state index in [1.165, 1.54) is 7.11 Å². The van der Waals surface area contributed by atoms with Crippen LogP contribution in [0.4, 0.5) is 5.69 Å². The topological polar surface area (TPSA) is 71.2 Å². The van der Waals surface area contributed by atoms with Crippen LogP contribution in [0.25, 0.3) is 11.1 Å². The van der Waals surface area contributed by atoms with Gasteiger partial charge < -0.3 is 15.0 Å². The number of amides is 1. The molecule has 3 aromatic rings. The largest absolute Gasteiger partial charge is 0.465 e. The molecule has 0 saturated heterocycles. The SMILES string of the molecule is COC(=O)c1c(C)[nH]c(C(=O)Nc2ccccc2-c2ccccc2)c1C. The standard InChI is InChI=1S/C21H20N2O3/c1-13-18(21(25)26-3)14(2)22-19(13)20(24)23-17-12-8-7-11-16(17)15-9-5-4-6-10-15/h4-12,22H,1-3H3,(H,23,24). The molecule has 1 amide bonds. The summed E-state index contributed by atoms with van der Waals surface area (Å²) >= 11 is 0. The highest BCUT2D eigenvalue weighted by Gasteiger charge is 2.23. The van der Waals surface area contributed by atoms with Gasteiger partial charge in [-0.2, -0.15) is 0 Å². The molecule has 0 saturated carbocycles. The van der Waals surface area contributed by atoms with E-state index >= 15 is 0 Å². The smallest absolute Gasteiger partial charge is 0.339 e. The molecule has 1 aromatic heterocycles. The van der Waals surface area contributed by atoms with Crippen LogP contribution >= 0.6 is 0 Å². The molecule has 0 atom stereocenters. The zero-order valence-electron chi connectivity index (χ0n) is 14.9. The first-order valence-corrected chi connectivity index (χ1v) is 8.26. The third-order valence-electron chi connectivity index (χ3n) is 4.31. The lowest BCUT2D eigenvalue weighted by molar-refractivity contribution is 0.0599. The number of para-hydroxylation sites is 1. The highest BCUT2D eigenvalue weighted by atomic mass is 16.5. The normalized spacial score (nSPS) is 10.4. The summed E-state index contributed by atoms with van der Waals surface area (Å²) in [7, 11) is 1.32. The molecule has 26 heavy (non-hydrogen) atoms. The summed E-state index contributed by atoms with van der Waals surface area (Å²) in [5.74, 6) is -0.760. The molecule has 0 unspecified atom stereocenters. The van der Waals surface area contributed by atoms with E-state index in [9.17, 15) is 9.59 Å². The van der Waals surface area contributed by atoms with Crippen molar-refractivity contribution in [3.8, 4) is 11.1 Å². The van der Waals surface area contributed by atoms with Crippen LogP contribution in [0.3, 0.4) is 0 Å². The number of ether oxygens (including phenoxy) is 1. The summed E-state index contributed by atoms with van der Waals surface area (Å²) in [6, 6.07) is 17.4. The summed E-state index contributed by atoms with van der Waals surface area (Å²) in [4.78, 5) is 27.7. The third kappa shape index (κ3) is 3.24. The number of nitrogens with one attached hydrogen (secondary N) is 2. The first kappa shape index (κ1) is 17.5. The minimum Gasteiger partial charge on any atom is -0.465 e. The van der Waals surface area contributed by atoms with Gasteiger partial charge in [-0.15, -0.1) is 0 Å². The van der Waals surface area contributed by atoms with Crippen molar-refractivity contribution in [2.45, 2.75) is 13.8 Å². The number of rotatable bonds is 4. The number of hydrogen-bond acceptors (Lipinski definition) is 3. The predicted octanol–water partition coefficient (Wildman–Crippen LogP) is 4.34. The van der Waals surface area contributed by atoms with Crippen molar-refractivity contribution < 1.29 is 14.3 Å². The molecule has 0 aliphatic rings. The molecule has 2 N–H and O–H groups in total. The number of hydrogen-bond donors (Lipinski definition) is 2. The van der Waals surface area contributed by atoms with E-state index < -0.39 is 5.97 Å². The molecule has 5 nitrogen and oxygen atoms in total. The molecule has 1 heterocycles. The number of carbonyl (C=O) groups excluding carboxylic acids is 2. The molecule has 0 radical (unpaired) electrons. The summed E-state index contributed by atoms with van der Waals surface area (Å²) in [6.45, 7) is 3.47. The second-order valence-corrected chi connectivity index (χ2v) is 5.98. The van der Waals surface area contributed by atoms with Gasteiger partial charge in [-0.25, -0.2) is 4.79 Å². The highest BCUT2D eigenvalue weighted by molar-refractivity contribution is 6.08. The van der Waals surface area contributed by atoms with Gasteiger partial charge in [-0.05, 0) is 31.0 Å². The van der Waals surface area contributed by atoms with Crippen molar-refractivity contribution in [2.24, 2.45) is 0 Å². The first-order chi connectivity index (χ1) is 12.5. The molecule has 0 bridgehead atoms. The molecule has 0 aliphatic heterocycles. The van der Waals surface area contributed by atoms with Gasteiger partial charge in [0.2, 0.25) is 0 Å². The number of aryl methyl sites for hydroxylation is 1. The lowest BCUT2D eigenvalue weighted by Gasteiger charge is -2.11. The van der Waals surface area contributed by atoms with E-state index in [4.69, 9.17) is 4.74 Å². The number of anilines is 1. The van der Waals surface area contributed by atoms with Gasteiger partial charge in [0.15, 0.2) is 0 Å². The Morgan fingerprint density at radius 1 is 0.962 bits per heavy atom. The van der Waals surface area contributed by atoms with Crippen LogP contribution in [0.2, 0.25) is 0 Å². The molecule has 132 valence electrons. The predicted molar refractivity (Wildman–Crippen MR) is 101 cm³/mol. The van der Waals surface area contributed by atoms with Crippen molar-refractivity contribution in [1.82, 2.24) is 4.98 Å². The molecular formula is C21H20N2O3. The van der Waals surface area contributed by atoms with Gasteiger partial charge in [-0.3, -0.25) is 4.79 Å². The molecule has 0 fully saturated rings. The second kappa shape index (κ2) is 7.27. The fourth-order valence-corrected chi connectivity index (χ4v) is 3.03. The van der Waals surface area contributed by atoms with E-state index in [2.05, 4.69) is 10.3 Å². The number of benzene rings is 2. The third-order valence-corrected chi connectivity index (χ3v) is 4.31. The quantitative estimate of drug-likeness (QED) is 0.689. The van der Waals surface area contributed by atoms with Gasteiger partial charge in [0, 0.05) is 16.9 Å². The maximum atomic E-state index is 12.8. The Morgan fingerprint density at radius 2 is 1.62 bits per heavy atom. The minimum absolute atomic E-state index is 0.302. The van der Waals surface area contributed by atoms with E-state index in [0.29, 0.717) is 28.2 Å². The highest BCUT2D eigenvalue weighted by Crippen LogP contribution is 2.28. The van der Waals surface area contributed by atoms with E-state index in [1.54, 1.807) is 13.8 Å². The van der Waals surface area contributed by atoms with Gasteiger partial charge in [0.05, 0.1) is 12.7 Å². The van der Waals surface area contributed by atoms with Crippen molar-refractivity contribution in [2.75, 3.05) is 12.4 Å². The van der Waals surface area contributed by atoms with Crippen LogP contribution in [-0.4, -0.2) is 24.0 Å². The van der Waals surface area contributed by atoms with Crippen LogP contribution < -0.4 is 5.32 Å². The van der Waals surface area contributed by atoms with Crippen LogP contribution in [-0.2, 0) is 4.74 Å². The van der Waals surface area contributed by atoms with Gasteiger partial charge >= 0.3 is 5.97 Å². The Balaban J connectivity index is 1.94.